The fourth-order valence-corrected chi connectivity index (χ4v) is 3.54. The van der Waals surface area contributed by atoms with Crippen LogP contribution in [0.3, 0.4) is 0 Å². The molecule has 7 nitrogen and oxygen atoms in total. The second-order valence-electron chi connectivity index (χ2n) is 6.17. The third-order valence-corrected chi connectivity index (χ3v) is 5.40. The van der Waals surface area contributed by atoms with E-state index in [4.69, 9.17) is 0 Å². The number of amides is 1. The van der Waals surface area contributed by atoms with Gasteiger partial charge in [0.1, 0.15) is 6.54 Å². The van der Waals surface area contributed by atoms with Crippen molar-refractivity contribution in [3.8, 4) is 0 Å². The molecule has 0 spiro atoms. The SMILES string of the molecule is O=C(COC(=O)CNS(=O)(=O)c1ccc2ccccc2c1)Nc1ccc(F)c(F)c1. The molecule has 3 aromatic rings. The normalized spacial score (nSPS) is 11.3. The van der Waals surface area contributed by atoms with Crippen molar-refractivity contribution in [2.24, 2.45) is 0 Å². The summed E-state index contributed by atoms with van der Waals surface area (Å²) in [5.74, 6) is -4.00. The smallest absolute Gasteiger partial charge is 0.321 e. The van der Waals surface area contributed by atoms with E-state index < -0.39 is 46.7 Å². The Morgan fingerprint density at radius 2 is 1.63 bits per heavy atom. The van der Waals surface area contributed by atoms with Gasteiger partial charge in [-0.05, 0) is 35.0 Å². The monoisotopic (exact) mass is 434 g/mol. The molecule has 3 rings (SSSR count). The highest BCUT2D eigenvalue weighted by Crippen LogP contribution is 2.18. The number of anilines is 1. The quantitative estimate of drug-likeness (QED) is 0.557. The van der Waals surface area contributed by atoms with Crippen LogP contribution in [-0.4, -0.2) is 33.4 Å². The predicted octanol–water partition coefficient (Wildman–Crippen LogP) is 2.58. The van der Waals surface area contributed by atoms with Gasteiger partial charge < -0.3 is 10.1 Å². The Balaban J connectivity index is 1.51. The number of halogens is 2. The van der Waals surface area contributed by atoms with Crippen molar-refractivity contribution in [3.05, 3.63) is 72.3 Å². The Kier molecular flexibility index (Phi) is 6.38. The standard InChI is InChI=1S/C20H16F2N2O5S/c21-17-8-6-15(10-18(17)22)24-19(25)12-29-20(26)11-23-30(27,28)16-7-5-13-3-1-2-4-14(13)9-16/h1-10,23H,11-12H2,(H,24,25). The van der Waals surface area contributed by atoms with Crippen LogP contribution in [0.4, 0.5) is 14.5 Å². The number of benzene rings is 3. The highest BCUT2D eigenvalue weighted by atomic mass is 32.2. The number of hydrogen-bond acceptors (Lipinski definition) is 5. The average Bonchev–Trinajstić information content (AvgIpc) is 2.73. The van der Waals surface area contributed by atoms with E-state index >= 15 is 0 Å². The molecule has 30 heavy (non-hydrogen) atoms. The molecular formula is C20H16F2N2O5S. The number of rotatable bonds is 7. The van der Waals surface area contributed by atoms with Gasteiger partial charge >= 0.3 is 5.97 Å². The Hall–Kier alpha value is -3.37. The van der Waals surface area contributed by atoms with Crippen molar-refractivity contribution in [3.63, 3.8) is 0 Å². The van der Waals surface area contributed by atoms with Crippen LogP contribution in [0.5, 0.6) is 0 Å². The molecular weight excluding hydrogens is 418 g/mol. The number of ether oxygens (including phenoxy) is 1. The third kappa shape index (κ3) is 5.37. The molecule has 3 aromatic carbocycles. The fraction of sp³-hybridized carbons (Fsp3) is 0.100. The number of hydrogen-bond donors (Lipinski definition) is 2. The van der Waals surface area contributed by atoms with Crippen molar-refractivity contribution in [2.75, 3.05) is 18.5 Å². The average molecular weight is 434 g/mol. The highest BCUT2D eigenvalue weighted by molar-refractivity contribution is 7.89. The van der Waals surface area contributed by atoms with Gasteiger partial charge in [0.05, 0.1) is 4.90 Å². The number of nitrogens with one attached hydrogen (secondary N) is 2. The van der Waals surface area contributed by atoms with E-state index in [1.165, 1.54) is 12.1 Å². The lowest BCUT2D eigenvalue weighted by Gasteiger charge is -2.09. The lowest BCUT2D eigenvalue weighted by Crippen LogP contribution is -2.32. The maximum absolute atomic E-state index is 13.1. The van der Waals surface area contributed by atoms with Gasteiger partial charge in [0.2, 0.25) is 10.0 Å². The lowest BCUT2D eigenvalue weighted by atomic mass is 10.1. The fourth-order valence-electron chi connectivity index (χ4n) is 2.54. The van der Waals surface area contributed by atoms with Gasteiger partial charge in [0.15, 0.2) is 18.2 Å². The predicted molar refractivity (Wildman–Crippen MR) is 105 cm³/mol. The molecule has 0 saturated carbocycles. The molecule has 0 aliphatic heterocycles. The van der Waals surface area contributed by atoms with E-state index in [0.717, 1.165) is 29.0 Å². The topological polar surface area (TPSA) is 102 Å². The molecule has 0 atom stereocenters. The second-order valence-corrected chi connectivity index (χ2v) is 7.94. The van der Waals surface area contributed by atoms with Gasteiger partial charge in [-0.25, -0.2) is 17.2 Å². The van der Waals surface area contributed by atoms with Crippen molar-refractivity contribution in [1.29, 1.82) is 0 Å². The molecule has 0 fully saturated rings. The van der Waals surface area contributed by atoms with Gasteiger partial charge in [-0.1, -0.05) is 30.3 Å². The molecule has 0 aromatic heterocycles. The van der Waals surface area contributed by atoms with Crippen LogP contribution in [0.15, 0.2) is 65.6 Å². The number of fused-ring (bicyclic) bond motifs is 1. The summed E-state index contributed by atoms with van der Waals surface area (Å²) < 4.78 is 57.5. The van der Waals surface area contributed by atoms with E-state index in [1.807, 2.05) is 12.1 Å². The van der Waals surface area contributed by atoms with Crippen LogP contribution in [0.2, 0.25) is 0 Å². The molecule has 0 aliphatic rings. The van der Waals surface area contributed by atoms with Gasteiger partial charge in [-0.3, -0.25) is 9.59 Å². The van der Waals surface area contributed by atoms with Crippen LogP contribution >= 0.6 is 0 Å². The number of carbonyl (C=O) groups is 2. The summed E-state index contributed by atoms with van der Waals surface area (Å²) in [6, 6.07) is 14.5. The van der Waals surface area contributed by atoms with Gasteiger partial charge in [0, 0.05) is 11.8 Å². The van der Waals surface area contributed by atoms with E-state index in [9.17, 15) is 26.8 Å². The lowest BCUT2D eigenvalue weighted by molar-refractivity contribution is -0.146. The molecule has 0 radical (unpaired) electrons. The highest BCUT2D eigenvalue weighted by Gasteiger charge is 2.17. The molecule has 0 bridgehead atoms. The first kappa shape index (κ1) is 21.3. The molecule has 0 unspecified atom stereocenters. The molecule has 0 heterocycles. The van der Waals surface area contributed by atoms with Crippen LogP contribution < -0.4 is 10.0 Å². The molecule has 10 heteroatoms. The Bertz CT molecular complexity index is 1210. The molecule has 156 valence electrons. The summed E-state index contributed by atoms with van der Waals surface area (Å²) in [7, 11) is -3.97. The minimum absolute atomic E-state index is 0.0213. The summed E-state index contributed by atoms with van der Waals surface area (Å²) >= 11 is 0. The first-order chi connectivity index (χ1) is 14.2. The second kappa shape index (κ2) is 8.97. The van der Waals surface area contributed by atoms with E-state index in [1.54, 1.807) is 18.2 Å². The molecule has 0 saturated heterocycles. The van der Waals surface area contributed by atoms with Gasteiger partial charge in [0.25, 0.3) is 5.91 Å². The van der Waals surface area contributed by atoms with Crippen LogP contribution in [0.1, 0.15) is 0 Å². The van der Waals surface area contributed by atoms with E-state index in [2.05, 4.69) is 14.8 Å². The summed E-state index contributed by atoms with van der Waals surface area (Å²) in [5, 5.41) is 3.80. The maximum Gasteiger partial charge on any atom is 0.321 e. The molecule has 0 aliphatic carbocycles. The summed E-state index contributed by atoms with van der Waals surface area (Å²) in [4.78, 5) is 23.4. The van der Waals surface area contributed by atoms with Crippen LogP contribution in [-0.2, 0) is 24.3 Å². The molecule has 1 amide bonds. The maximum atomic E-state index is 13.1. The summed E-state index contributed by atoms with van der Waals surface area (Å²) in [6.45, 7) is -1.41. The number of esters is 1. The van der Waals surface area contributed by atoms with Crippen molar-refractivity contribution < 1.29 is 31.5 Å². The van der Waals surface area contributed by atoms with Gasteiger partial charge in [-0.15, -0.1) is 0 Å². The zero-order valence-electron chi connectivity index (χ0n) is 15.4. The Labute approximate surface area is 170 Å². The van der Waals surface area contributed by atoms with Crippen LogP contribution in [0.25, 0.3) is 10.8 Å². The summed E-state index contributed by atoms with van der Waals surface area (Å²) in [6.07, 6.45) is 0. The number of sulfonamides is 1. The first-order valence-corrected chi connectivity index (χ1v) is 10.1. The van der Waals surface area contributed by atoms with E-state index in [-0.39, 0.29) is 10.6 Å². The molecule has 2 N–H and O–H groups in total. The first-order valence-electron chi connectivity index (χ1n) is 8.63. The number of carbonyl (C=O) groups excluding carboxylic acids is 2. The van der Waals surface area contributed by atoms with Gasteiger partial charge in [-0.2, -0.15) is 4.72 Å². The largest absolute Gasteiger partial charge is 0.455 e. The minimum atomic E-state index is -3.97. The Morgan fingerprint density at radius 3 is 2.37 bits per heavy atom. The zero-order valence-corrected chi connectivity index (χ0v) is 16.2. The minimum Gasteiger partial charge on any atom is -0.455 e. The third-order valence-electron chi connectivity index (χ3n) is 4.01. The zero-order chi connectivity index (χ0) is 21.7. The summed E-state index contributed by atoms with van der Waals surface area (Å²) in [5.41, 5.74) is -0.0213. The van der Waals surface area contributed by atoms with Crippen molar-refractivity contribution in [1.82, 2.24) is 4.72 Å². The van der Waals surface area contributed by atoms with Crippen molar-refractivity contribution in [2.45, 2.75) is 4.90 Å². The van der Waals surface area contributed by atoms with E-state index in [0.29, 0.717) is 0 Å². The van der Waals surface area contributed by atoms with Crippen molar-refractivity contribution >= 4 is 38.4 Å². The Morgan fingerprint density at radius 1 is 0.900 bits per heavy atom. The van der Waals surface area contributed by atoms with Crippen LogP contribution in [0, 0.1) is 11.6 Å².